The quantitative estimate of drug-likeness (QED) is 0.0532. The Morgan fingerprint density at radius 3 is 1.30 bits per heavy atom. The summed E-state index contributed by atoms with van der Waals surface area (Å²) < 4.78 is 44.8. The predicted molar refractivity (Wildman–Crippen MR) is 184 cm³/mol. The van der Waals surface area contributed by atoms with Crippen molar-refractivity contribution in [3.05, 3.63) is 0 Å². The summed E-state index contributed by atoms with van der Waals surface area (Å²) >= 11 is 0. The summed E-state index contributed by atoms with van der Waals surface area (Å²) in [7, 11) is 0.0984. The number of rotatable bonds is 32. The van der Waals surface area contributed by atoms with Gasteiger partial charge in [-0.3, -0.25) is 14.4 Å². The van der Waals surface area contributed by atoms with Crippen LogP contribution in [0.5, 0.6) is 0 Å². The molecule has 0 radical (unpaired) electrons. The maximum Gasteiger partial charge on any atom is 0.305 e. The first-order valence-electron chi connectivity index (χ1n) is 17.8. The van der Waals surface area contributed by atoms with Gasteiger partial charge in [-0.1, -0.05) is 97.8 Å². The Kier molecular flexibility index (Phi) is 27.2. The highest BCUT2D eigenvalue weighted by molar-refractivity contribution is 7.89. The molecule has 0 aliphatic heterocycles. The molecule has 0 aliphatic rings. The monoisotopic (exact) mass is 677 g/mol. The van der Waals surface area contributed by atoms with E-state index in [0.717, 1.165) is 77.0 Å². The second-order valence-corrected chi connectivity index (χ2v) is 14.6. The maximum absolute atomic E-state index is 12.7. The minimum atomic E-state index is -3.62. The number of esters is 3. The van der Waals surface area contributed by atoms with Crippen molar-refractivity contribution in [2.75, 3.05) is 59.3 Å². The summed E-state index contributed by atoms with van der Waals surface area (Å²) in [6.07, 6.45) is 15.5. The summed E-state index contributed by atoms with van der Waals surface area (Å²) in [5, 5.41) is 3.15. The fourth-order valence-corrected chi connectivity index (χ4v) is 5.63. The third-order valence-electron chi connectivity index (χ3n) is 7.73. The van der Waals surface area contributed by atoms with E-state index in [9.17, 15) is 22.8 Å². The molecular weight excluding hydrogens is 610 g/mol. The van der Waals surface area contributed by atoms with Crippen LogP contribution in [0, 0.1) is 0 Å². The highest BCUT2D eigenvalue weighted by Crippen LogP contribution is 2.15. The number of likely N-dealkylation sites (N-methyl/N-ethyl adjacent to an activating group) is 1. The van der Waals surface area contributed by atoms with Gasteiger partial charge in [-0.2, -0.15) is 0 Å². The number of ether oxygens (including phenoxy) is 3. The Morgan fingerprint density at radius 2 is 0.957 bits per heavy atom. The zero-order valence-corrected chi connectivity index (χ0v) is 30.6. The average molecular weight is 678 g/mol. The first kappa shape index (κ1) is 44.2. The van der Waals surface area contributed by atoms with Crippen molar-refractivity contribution in [3.8, 4) is 0 Å². The molecule has 0 aliphatic carbocycles. The molecule has 0 saturated carbocycles. The Bertz CT molecular complexity index is 825. The molecule has 12 heteroatoms. The molecule has 0 amide bonds. The fourth-order valence-electron chi connectivity index (χ4n) is 4.72. The topological polar surface area (TPSA) is 140 Å². The van der Waals surface area contributed by atoms with Crippen LogP contribution in [0.25, 0.3) is 0 Å². The van der Waals surface area contributed by atoms with Crippen LogP contribution < -0.4 is 10.0 Å². The molecule has 0 aromatic rings. The molecule has 0 heterocycles. The van der Waals surface area contributed by atoms with E-state index < -0.39 is 33.5 Å². The van der Waals surface area contributed by atoms with Crippen LogP contribution in [0.1, 0.15) is 136 Å². The number of hydrogen-bond donors (Lipinski definition) is 2. The highest BCUT2D eigenvalue weighted by Gasteiger charge is 2.36. The molecule has 0 fully saturated rings. The molecule has 0 atom stereocenters. The third-order valence-corrected chi connectivity index (χ3v) is 9.12. The van der Waals surface area contributed by atoms with Crippen LogP contribution >= 0.6 is 0 Å². The lowest BCUT2D eigenvalue weighted by atomic mass is 10.0. The van der Waals surface area contributed by atoms with Crippen LogP contribution in [0.4, 0.5) is 0 Å². The Morgan fingerprint density at radius 1 is 0.587 bits per heavy atom. The van der Waals surface area contributed by atoms with E-state index >= 15 is 0 Å². The van der Waals surface area contributed by atoms with Crippen LogP contribution in [0.15, 0.2) is 0 Å². The van der Waals surface area contributed by atoms with Gasteiger partial charge in [0.1, 0.15) is 25.4 Å². The molecule has 0 rings (SSSR count). The van der Waals surface area contributed by atoms with Crippen molar-refractivity contribution in [3.63, 3.8) is 0 Å². The van der Waals surface area contributed by atoms with Crippen molar-refractivity contribution in [1.82, 2.24) is 14.9 Å². The number of unbranched alkanes of at least 4 members (excludes halogenated alkanes) is 12. The maximum atomic E-state index is 12.7. The van der Waals surface area contributed by atoms with Crippen LogP contribution in [-0.2, 0) is 38.6 Å². The highest BCUT2D eigenvalue weighted by atomic mass is 32.2. The Balaban J connectivity index is 5.61. The molecule has 11 nitrogen and oxygen atoms in total. The number of nitrogens with one attached hydrogen (secondary N) is 2. The summed E-state index contributed by atoms with van der Waals surface area (Å²) in [6.45, 7) is 6.47. The van der Waals surface area contributed by atoms with Gasteiger partial charge in [0.25, 0.3) is 0 Å². The molecule has 0 spiro atoms. The summed E-state index contributed by atoms with van der Waals surface area (Å²) in [6, 6.07) is 0. The first-order valence-corrected chi connectivity index (χ1v) is 19.5. The first-order chi connectivity index (χ1) is 22.0. The summed E-state index contributed by atoms with van der Waals surface area (Å²) in [4.78, 5) is 39.9. The standard InChI is InChI=1S/C34H67N3O8S/c1-6-9-12-15-18-21-31(38)43-28-34(29-44-32(39)22-19-16-13-10-7-2,30-45-33(40)23-20-17-14-11-8-3)35-25-27-46(41,42)36-24-26-37(4)5/h35-36H,6-30H2,1-5H3. The Hall–Kier alpha value is -1.76. The molecule has 0 bridgehead atoms. The van der Waals surface area contributed by atoms with Crippen molar-refractivity contribution in [2.45, 2.75) is 142 Å². The molecule has 0 saturated heterocycles. The third kappa shape index (κ3) is 26.3. The normalized spacial score (nSPS) is 12.0. The van der Waals surface area contributed by atoms with E-state index in [2.05, 4.69) is 30.8 Å². The van der Waals surface area contributed by atoms with E-state index in [1.807, 2.05) is 19.0 Å². The van der Waals surface area contributed by atoms with Crippen LogP contribution in [-0.4, -0.2) is 96.1 Å². The van der Waals surface area contributed by atoms with E-state index in [-0.39, 0.29) is 57.9 Å². The van der Waals surface area contributed by atoms with Gasteiger partial charge in [-0.25, -0.2) is 13.1 Å². The van der Waals surface area contributed by atoms with Gasteiger partial charge in [-0.05, 0) is 33.4 Å². The van der Waals surface area contributed by atoms with Gasteiger partial charge in [0.05, 0.1) is 5.75 Å². The molecule has 0 aromatic carbocycles. The van der Waals surface area contributed by atoms with Gasteiger partial charge in [0, 0.05) is 38.9 Å². The van der Waals surface area contributed by atoms with E-state index in [1.165, 1.54) is 0 Å². The van der Waals surface area contributed by atoms with Crippen molar-refractivity contribution >= 4 is 27.9 Å². The Labute approximate surface area is 280 Å². The summed E-state index contributed by atoms with van der Waals surface area (Å²) in [5.41, 5.74) is -1.30. The van der Waals surface area contributed by atoms with Gasteiger partial charge in [0.2, 0.25) is 10.0 Å². The van der Waals surface area contributed by atoms with Crippen molar-refractivity contribution < 1.29 is 37.0 Å². The largest absolute Gasteiger partial charge is 0.463 e. The second-order valence-electron chi connectivity index (χ2n) is 12.7. The molecule has 2 N–H and O–H groups in total. The predicted octanol–water partition coefficient (Wildman–Crippen LogP) is 5.51. The van der Waals surface area contributed by atoms with Crippen LogP contribution in [0.2, 0.25) is 0 Å². The minimum absolute atomic E-state index is 0.0327. The number of carbonyl (C=O) groups excluding carboxylic acids is 3. The summed E-state index contributed by atoms with van der Waals surface area (Å²) in [5.74, 6) is -1.45. The lowest BCUT2D eigenvalue weighted by molar-refractivity contribution is -0.157. The number of sulfonamides is 1. The fraction of sp³-hybridized carbons (Fsp3) is 0.912. The van der Waals surface area contributed by atoms with Crippen molar-refractivity contribution in [1.29, 1.82) is 0 Å². The van der Waals surface area contributed by atoms with Crippen molar-refractivity contribution in [2.24, 2.45) is 0 Å². The lowest BCUT2D eigenvalue weighted by Gasteiger charge is -2.33. The SMILES string of the molecule is CCCCCCCC(=O)OCC(COC(=O)CCCCCCC)(COC(=O)CCCCCCC)NCCS(=O)(=O)NCCN(C)C. The van der Waals surface area contributed by atoms with E-state index in [0.29, 0.717) is 25.8 Å². The molecular formula is C34H67N3O8S. The van der Waals surface area contributed by atoms with Gasteiger partial charge in [-0.15, -0.1) is 0 Å². The van der Waals surface area contributed by atoms with Gasteiger partial charge in [0.15, 0.2) is 0 Å². The molecule has 46 heavy (non-hydrogen) atoms. The van der Waals surface area contributed by atoms with E-state index in [4.69, 9.17) is 14.2 Å². The zero-order valence-electron chi connectivity index (χ0n) is 29.8. The lowest BCUT2D eigenvalue weighted by Crippen LogP contribution is -2.58. The number of hydrogen-bond acceptors (Lipinski definition) is 10. The molecule has 272 valence electrons. The number of nitrogens with zero attached hydrogens (tertiary/aromatic N) is 1. The van der Waals surface area contributed by atoms with Crippen LogP contribution in [0.3, 0.4) is 0 Å². The number of carbonyl (C=O) groups is 3. The smallest absolute Gasteiger partial charge is 0.305 e. The minimum Gasteiger partial charge on any atom is -0.463 e. The second kappa shape index (κ2) is 28.3. The molecule has 0 aromatic heterocycles. The average Bonchev–Trinajstić information content (AvgIpc) is 3.01. The van der Waals surface area contributed by atoms with Gasteiger partial charge >= 0.3 is 17.9 Å². The molecule has 0 unspecified atom stereocenters. The van der Waals surface area contributed by atoms with E-state index in [1.54, 1.807) is 0 Å². The van der Waals surface area contributed by atoms with Gasteiger partial charge < -0.3 is 24.4 Å². The zero-order chi connectivity index (χ0) is 34.5.